The maximum Gasteiger partial charge on any atom is 0.00998 e. The van der Waals surface area contributed by atoms with Crippen LogP contribution in [0, 0.1) is 0 Å². The van der Waals surface area contributed by atoms with Crippen LogP contribution >= 0.6 is 0 Å². The molecule has 2 heteroatoms. The highest BCUT2D eigenvalue weighted by molar-refractivity contribution is 5.26. The van der Waals surface area contributed by atoms with Crippen LogP contribution in [0.5, 0.6) is 0 Å². The smallest absolute Gasteiger partial charge is 0.00998 e. The number of nitrogens with two attached hydrogens (primary N) is 1. The van der Waals surface area contributed by atoms with Gasteiger partial charge in [0.15, 0.2) is 0 Å². The van der Waals surface area contributed by atoms with Gasteiger partial charge in [0.25, 0.3) is 0 Å². The second-order valence-corrected chi connectivity index (χ2v) is 5.48. The summed E-state index contributed by atoms with van der Waals surface area (Å²) < 4.78 is 0. The van der Waals surface area contributed by atoms with E-state index in [2.05, 4.69) is 49.1 Å². The molecule has 1 heterocycles. The number of rotatable bonds is 3. The van der Waals surface area contributed by atoms with E-state index < -0.39 is 0 Å². The minimum absolute atomic E-state index is 0.215. The zero-order chi connectivity index (χ0) is 12.3. The monoisotopic (exact) mass is 232 g/mol. The predicted octanol–water partition coefficient (Wildman–Crippen LogP) is 2.39. The third-order valence-corrected chi connectivity index (χ3v) is 4.26. The Morgan fingerprint density at radius 2 is 1.76 bits per heavy atom. The van der Waals surface area contributed by atoms with Crippen LogP contribution in [0.1, 0.15) is 32.3 Å². The lowest BCUT2D eigenvalue weighted by atomic mass is 9.72. The molecular weight excluding hydrogens is 208 g/mol. The van der Waals surface area contributed by atoms with E-state index in [0.717, 1.165) is 6.54 Å². The molecule has 0 spiro atoms. The summed E-state index contributed by atoms with van der Waals surface area (Å²) in [6, 6.07) is 11.5. The Hall–Kier alpha value is -0.860. The molecule has 1 aromatic carbocycles. The van der Waals surface area contributed by atoms with Crippen molar-refractivity contribution in [3.05, 3.63) is 35.9 Å². The first-order chi connectivity index (χ1) is 8.18. The first-order valence-electron chi connectivity index (χ1n) is 6.67. The Morgan fingerprint density at radius 3 is 2.24 bits per heavy atom. The van der Waals surface area contributed by atoms with E-state index in [1.807, 2.05) is 0 Å². The number of benzene rings is 1. The van der Waals surface area contributed by atoms with Crippen molar-refractivity contribution in [2.24, 2.45) is 5.73 Å². The number of nitrogens with zero attached hydrogens (tertiary/aromatic N) is 1. The Morgan fingerprint density at radius 1 is 1.18 bits per heavy atom. The van der Waals surface area contributed by atoms with Crippen molar-refractivity contribution in [2.45, 2.75) is 38.1 Å². The van der Waals surface area contributed by atoms with E-state index in [1.165, 1.54) is 31.5 Å². The highest BCUT2D eigenvalue weighted by Crippen LogP contribution is 2.34. The van der Waals surface area contributed by atoms with Crippen molar-refractivity contribution >= 4 is 0 Å². The molecule has 0 aliphatic carbocycles. The molecular formula is C15H24N2. The lowest BCUT2D eigenvalue weighted by Gasteiger charge is -2.43. The van der Waals surface area contributed by atoms with Crippen LogP contribution < -0.4 is 5.73 Å². The second-order valence-electron chi connectivity index (χ2n) is 5.48. The Balaban J connectivity index is 2.14. The van der Waals surface area contributed by atoms with Crippen molar-refractivity contribution in [1.29, 1.82) is 0 Å². The van der Waals surface area contributed by atoms with Crippen molar-refractivity contribution in [1.82, 2.24) is 4.90 Å². The second kappa shape index (κ2) is 5.19. The largest absolute Gasteiger partial charge is 0.330 e. The van der Waals surface area contributed by atoms with Gasteiger partial charge in [-0.05, 0) is 45.3 Å². The maximum atomic E-state index is 6.07. The highest BCUT2D eigenvalue weighted by atomic mass is 15.2. The van der Waals surface area contributed by atoms with Gasteiger partial charge in [-0.25, -0.2) is 0 Å². The Labute approximate surface area is 105 Å². The third kappa shape index (κ3) is 2.53. The fraction of sp³-hybridized carbons (Fsp3) is 0.600. The molecule has 0 saturated carbocycles. The molecule has 1 aliphatic heterocycles. The average molecular weight is 232 g/mol. The van der Waals surface area contributed by atoms with Crippen LogP contribution in [0.15, 0.2) is 30.3 Å². The Bertz CT molecular complexity index is 337. The first kappa shape index (κ1) is 12.6. The van der Waals surface area contributed by atoms with Crippen molar-refractivity contribution < 1.29 is 0 Å². The molecule has 2 nitrogen and oxygen atoms in total. The minimum atomic E-state index is 0.215. The van der Waals surface area contributed by atoms with E-state index in [9.17, 15) is 0 Å². The molecule has 1 aromatic rings. The number of hydrogen-bond acceptors (Lipinski definition) is 2. The van der Waals surface area contributed by atoms with Crippen molar-refractivity contribution in [3.8, 4) is 0 Å². The number of likely N-dealkylation sites (tertiary alicyclic amines) is 1. The molecule has 0 unspecified atom stereocenters. The molecule has 1 aliphatic rings. The van der Waals surface area contributed by atoms with Gasteiger partial charge < -0.3 is 10.6 Å². The lowest BCUT2D eigenvalue weighted by Crippen LogP contribution is -2.48. The molecule has 0 atom stereocenters. The molecule has 1 saturated heterocycles. The summed E-state index contributed by atoms with van der Waals surface area (Å²) in [5.41, 5.74) is 7.71. The van der Waals surface area contributed by atoms with Gasteiger partial charge in [0.2, 0.25) is 0 Å². The van der Waals surface area contributed by atoms with Crippen LogP contribution in [0.25, 0.3) is 0 Å². The van der Waals surface area contributed by atoms with Crippen LogP contribution in [-0.4, -0.2) is 30.6 Å². The molecule has 1 fully saturated rings. The van der Waals surface area contributed by atoms with Gasteiger partial charge in [-0.3, -0.25) is 0 Å². The molecule has 0 aromatic heterocycles. The quantitative estimate of drug-likeness (QED) is 0.867. The number of piperidine rings is 1. The van der Waals surface area contributed by atoms with Gasteiger partial charge >= 0.3 is 0 Å². The normalized spacial score (nSPS) is 20.7. The molecule has 0 bridgehead atoms. The van der Waals surface area contributed by atoms with E-state index in [-0.39, 0.29) is 5.41 Å². The van der Waals surface area contributed by atoms with Crippen LogP contribution in [-0.2, 0) is 5.41 Å². The minimum Gasteiger partial charge on any atom is -0.330 e. The average Bonchev–Trinajstić information content (AvgIpc) is 2.40. The van der Waals surface area contributed by atoms with Gasteiger partial charge in [0.05, 0.1) is 0 Å². The zero-order valence-corrected chi connectivity index (χ0v) is 11.0. The fourth-order valence-corrected chi connectivity index (χ4v) is 2.87. The van der Waals surface area contributed by atoms with E-state index in [0.29, 0.717) is 6.04 Å². The van der Waals surface area contributed by atoms with Gasteiger partial charge in [-0.15, -0.1) is 0 Å². The van der Waals surface area contributed by atoms with Crippen molar-refractivity contribution in [3.63, 3.8) is 0 Å². The highest BCUT2D eigenvalue weighted by Gasteiger charge is 2.35. The third-order valence-electron chi connectivity index (χ3n) is 4.26. The Kier molecular flexibility index (Phi) is 3.85. The summed E-state index contributed by atoms with van der Waals surface area (Å²) in [5, 5.41) is 0. The van der Waals surface area contributed by atoms with Crippen molar-refractivity contribution in [2.75, 3.05) is 19.6 Å². The van der Waals surface area contributed by atoms with Crippen LogP contribution in [0.4, 0.5) is 0 Å². The molecule has 0 amide bonds. The van der Waals surface area contributed by atoms with E-state index in [4.69, 9.17) is 5.73 Å². The maximum absolute atomic E-state index is 6.07. The molecule has 2 N–H and O–H groups in total. The lowest BCUT2D eigenvalue weighted by molar-refractivity contribution is 0.132. The zero-order valence-electron chi connectivity index (χ0n) is 11.0. The fourth-order valence-electron chi connectivity index (χ4n) is 2.87. The first-order valence-corrected chi connectivity index (χ1v) is 6.67. The molecule has 94 valence electrons. The van der Waals surface area contributed by atoms with Crippen LogP contribution in [0.2, 0.25) is 0 Å². The van der Waals surface area contributed by atoms with Gasteiger partial charge in [-0.1, -0.05) is 30.3 Å². The summed E-state index contributed by atoms with van der Waals surface area (Å²) >= 11 is 0. The molecule has 0 radical (unpaired) electrons. The van der Waals surface area contributed by atoms with Crippen LogP contribution in [0.3, 0.4) is 0 Å². The number of hydrogen-bond donors (Lipinski definition) is 1. The van der Waals surface area contributed by atoms with Gasteiger partial charge in [0, 0.05) is 18.0 Å². The summed E-state index contributed by atoms with van der Waals surface area (Å²) in [5.74, 6) is 0. The standard InChI is InChI=1S/C15H24N2/c1-13(2)17-10-8-15(12-16,9-11-17)14-6-4-3-5-7-14/h3-7,13H,8-12,16H2,1-2H3. The summed E-state index contributed by atoms with van der Waals surface area (Å²) in [6.45, 7) is 7.66. The SMILES string of the molecule is CC(C)N1CCC(CN)(c2ccccc2)CC1. The summed E-state index contributed by atoms with van der Waals surface area (Å²) in [6.07, 6.45) is 2.37. The van der Waals surface area contributed by atoms with Gasteiger partial charge in [-0.2, -0.15) is 0 Å². The van der Waals surface area contributed by atoms with E-state index in [1.54, 1.807) is 0 Å². The van der Waals surface area contributed by atoms with E-state index >= 15 is 0 Å². The topological polar surface area (TPSA) is 29.3 Å². The molecule has 2 rings (SSSR count). The predicted molar refractivity (Wildman–Crippen MR) is 73.1 cm³/mol. The van der Waals surface area contributed by atoms with Gasteiger partial charge in [0.1, 0.15) is 0 Å². The summed E-state index contributed by atoms with van der Waals surface area (Å²) in [7, 11) is 0. The summed E-state index contributed by atoms with van der Waals surface area (Å²) in [4.78, 5) is 2.55. The molecule has 17 heavy (non-hydrogen) atoms.